The molecule has 2 N–H and O–H groups in total. The van der Waals surface area contributed by atoms with Gasteiger partial charge in [0, 0.05) is 11.6 Å². The lowest BCUT2D eigenvalue weighted by atomic mass is 10.1. The lowest BCUT2D eigenvalue weighted by Gasteiger charge is -2.16. The summed E-state index contributed by atoms with van der Waals surface area (Å²) in [6.07, 6.45) is 4.55. The fourth-order valence-electron chi connectivity index (χ4n) is 3.65. The van der Waals surface area contributed by atoms with Crippen LogP contribution in [0.25, 0.3) is 11.1 Å². The maximum absolute atomic E-state index is 12.5. The van der Waals surface area contributed by atoms with E-state index in [1.807, 2.05) is 24.3 Å². The Hall–Kier alpha value is -2.67. The average Bonchev–Trinajstić information content (AvgIpc) is 3.04. The van der Waals surface area contributed by atoms with E-state index >= 15 is 0 Å². The molecular weight excluding hydrogens is 330 g/mol. The van der Waals surface area contributed by atoms with Gasteiger partial charge in [-0.1, -0.05) is 0 Å². The summed E-state index contributed by atoms with van der Waals surface area (Å²) in [6.45, 7) is 1.08. The Labute approximate surface area is 150 Å². The molecule has 1 saturated carbocycles. The van der Waals surface area contributed by atoms with E-state index in [-0.39, 0.29) is 5.91 Å². The molecule has 1 aromatic carbocycles. The van der Waals surface area contributed by atoms with Gasteiger partial charge in [0.1, 0.15) is 5.52 Å². The van der Waals surface area contributed by atoms with Crippen LogP contribution in [0.4, 0.5) is 5.69 Å². The number of aromatic nitrogens is 3. The van der Waals surface area contributed by atoms with Gasteiger partial charge in [0.05, 0.1) is 11.7 Å². The van der Waals surface area contributed by atoms with Crippen LogP contribution in [0.3, 0.4) is 0 Å². The first-order valence-electron chi connectivity index (χ1n) is 9.15. The Morgan fingerprint density at radius 3 is 2.96 bits per heavy atom. The first-order valence-corrected chi connectivity index (χ1v) is 9.15. The Morgan fingerprint density at radius 1 is 1.31 bits per heavy atom. The first-order chi connectivity index (χ1) is 12.7. The second kappa shape index (κ2) is 5.95. The number of hydrogen-bond acceptors (Lipinski definition) is 5. The number of rotatable bonds is 4. The van der Waals surface area contributed by atoms with Crippen LogP contribution >= 0.6 is 0 Å². The molecule has 0 radical (unpaired) electrons. The molecule has 1 amide bonds. The largest absolute Gasteiger partial charge is 0.440 e. The molecule has 1 aliphatic heterocycles. The number of nitrogens with one attached hydrogen (secondary N) is 2. The number of fused-ring (bicyclic) bond motifs is 1. The molecule has 1 atom stereocenters. The minimum Gasteiger partial charge on any atom is -0.440 e. The third-order valence-corrected chi connectivity index (χ3v) is 5.30. The van der Waals surface area contributed by atoms with E-state index in [4.69, 9.17) is 4.42 Å². The molecule has 2 aromatic heterocycles. The third-order valence-electron chi connectivity index (χ3n) is 5.30. The highest BCUT2D eigenvalue weighted by molar-refractivity contribution is 6.03. The summed E-state index contributed by atoms with van der Waals surface area (Å²) >= 11 is 0. The second-order valence-electron chi connectivity index (χ2n) is 7.31. The molecule has 1 unspecified atom stereocenters. The Kier molecular flexibility index (Phi) is 3.56. The van der Waals surface area contributed by atoms with Crippen LogP contribution in [0.1, 0.15) is 59.7 Å². The van der Waals surface area contributed by atoms with Gasteiger partial charge in [-0.15, -0.1) is 0 Å². The van der Waals surface area contributed by atoms with Gasteiger partial charge in [-0.25, -0.2) is 4.98 Å². The molecule has 1 aliphatic carbocycles. The van der Waals surface area contributed by atoms with E-state index in [1.165, 1.54) is 6.42 Å². The number of oxazole rings is 1. The SMILES string of the molecule is CN1CCCC1c1cc(C(=O)Nc2ccc3oc(C4CC4)nc3c2)n[nH]1. The molecule has 3 heterocycles. The smallest absolute Gasteiger partial charge is 0.276 e. The van der Waals surface area contributed by atoms with E-state index < -0.39 is 0 Å². The van der Waals surface area contributed by atoms with E-state index in [0.717, 1.165) is 48.5 Å². The fourth-order valence-corrected chi connectivity index (χ4v) is 3.65. The number of anilines is 1. The van der Waals surface area contributed by atoms with Crippen LogP contribution in [0.2, 0.25) is 0 Å². The number of carbonyl (C=O) groups excluding carboxylic acids is 1. The highest BCUT2D eigenvalue weighted by Crippen LogP contribution is 2.40. The van der Waals surface area contributed by atoms with Crippen LogP contribution in [0.15, 0.2) is 28.7 Å². The molecule has 2 fully saturated rings. The summed E-state index contributed by atoms with van der Waals surface area (Å²) < 4.78 is 5.76. The number of benzene rings is 1. The van der Waals surface area contributed by atoms with Crippen molar-refractivity contribution in [3.05, 3.63) is 41.5 Å². The molecule has 26 heavy (non-hydrogen) atoms. The average molecular weight is 351 g/mol. The van der Waals surface area contributed by atoms with Crippen molar-refractivity contribution in [2.75, 3.05) is 18.9 Å². The number of aromatic amines is 1. The quantitative estimate of drug-likeness (QED) is 0.752. The zero-order chi connectivity index (χ0) is 17.7. The molecule has 7 heteroatoms. The third kappa shape index (κ3) is 2.78. The topological polar surface area (TPSA) is 87.1 Å². The van der Waals surface area contributed by atoms with Gasteiger partial charge in [-0.2, -0.15) is 5.10 Å². The van der Waals surface area contributed by atoms with Crippen molar-refractivity contribution in [2.24, 2.45) is 0 Å². The number of amides is 1. The van der Waals surface area contributed by atoms with Crippen molar-refractivity contribution in [3.63, 3.8) is 0 Å². The number of H-pyrrole nitrogens is 1. The monoisotopic (exact) mass is 351 g/mol. The van der Waals surface area contributed by atoms with Gasteiger partial charge in [0.2, 0.25) is 0 Å². The van der Waals surface area contributed by atoms with E-state index in [9.17, 15) is 4.79 Å². The number of carbonyl (C=O) groups is 1. The predicted molar refractivity (Wildman–Crippen MR) is 97.1 cm³/mol. The van der Waals surface area contributed by atoms with Gasteiger partial charge < -0.3 is 9.73 Å². The van der Waals surface area contributed by atoms with Crippen molar-refractivity contribution >= 4 is 22.7 Å². The van der Waals surface area contributed by atoms with Gasteiger partial charge in [-0.05, 0) is 63.5 Å². The van der Waals surface area contributed by atoms with Crippen molar-refractivity contribution in [3.8, 4) is 0 Å². The van der Waals surface area contributed by atoms with Crippen LogP contribution in [0.5, 0.6) is 0 Å². The zero-order valence-corrected chi connectivity index (χ0v) is 14.7. The maximum atomic E-state index is 12.5. The summed E-state index contributed by atoms with van der Waals surface area (Å²) in [5, 5.41) is 10.1. The normalized spacial score (nSPS) is 20.7. The van der Waals surface area contributed by atoms with Crippen LogP contribution < -0.4 is 5.32 Å². The summed E-state index contributed by atoms with van der Waals surface area (Å²) in [7, 11) is 2.10. The number of hydrogen-bond donors (Lipinski definition) is 2. The number of nitrogens with zero attached hydrogens (tertiary/aromatic N) is 3. The van der Waals surface area contributed by atoms with E-state index in [1.54, 1.807) is 0 Å². The maximum Gasteiger partial charge on any atom is 0.276 e. The molecule has 0 spiro atoms. The summed E-state index contributed by atoms with van der Waals surface area (Å²) in [6, 6.07) is 7.70. The first kappa shape index (κ1) is 15.6. The standard InChI is InChI=1S/C19H21N5O2/c1-24-8-2-3-16(24)13-10-15(23-22-13)18(25)20-12-6-7-17-14(9-12)21-19(26-17)11-4-5-11/h6-7,9-11,16H,2-5,8H2,1H3,(H,20,25)(H,22,23). The molecular formula is C19H21N5O2. The van der Waals surface area contributed by atoms with Crippen molar-refractivity contribution in [1.29, 1.82) is 0 Å². The van der Waals surface area contributed by atoms with Gasteiger partial charge >= 0.3 is 0 Å². The highest BCUT2D eigenvalue weighted by Gasteiger charge is 2.29. The lowest BCUT2D eigenvalue weighted by Crippen LogP contribution is -2.17. The van der Waals surface area contributed by atoms with E-state index in [2.05, 4.69) is 32.4 Å². The molecule has 0 bridgehead atoms. The molecule has 7 nitrogen and oxygen atoms in total. The molecule has 5 rings (SSSR count). The van der Waals surface area contributed by atoms with Gasteiger partial charge in [-0.3, -0.25) is 14.8 Å². The molecule has 134 valence electrons. The minimum absolute atomic E-state index is 0.224. The van der Waals surface area contributed by atoms with Gasteiger partial charge in [0.25, 0.3) is 5.91 Å². The molecule has 1 saturated heterocycles. The predicted octanol–water partition coefficient (Wildman–Crippen LogP) is 3.45. The fraction of sp³-hybridized carbons (Fsp3) is 0.421. The second-order valence-corrected chi connectivity index (χ2v) is 7.31. The zero-order valence-electron chi connectivity index (χ0n) is 14.7. The van der Waals surface area contributed by atoms with Crippen molar-refractivity contribution in [1.82, 2.24) is 20.1 Å². The Morgan fingerprint density at radius 2 is 2.19 bits per heavy atom. The van der Waals surface area contributed by atoms with Crippen molar-refractivity contribution in [2.45, 2.75) is 37.6 Å². The molecule has 2 aliphatic rings. The van der Waals surface area contributed by atoms with Crippen LogP contribution in [-0.4, -0.2) is 39.6 Å². The van der Waals surface area contributed by atoms with Crippen LogP contribution in [0, 0.1) is 0 Å². The highest BCUT2D eigenvalue weighted by atomic mass is 16.3. The summed E-state index contributed by atoms with van der Waals surface area (Å²) in [5.41, 5.74) is 3.63. The summed E-state index contributed by atoms with van der Waals surface area (Å²) in [4.78, 5) is 19.4. The summed E-state index contributed by atoms with van der Waals surface area (Å²) in [5.74, 6) is 1.05. The Bertz CT molecular complexity index is 971. The Balaban J connectivity index is 1.33. The van der Waals surface area contributed by atoms with Crippen molar-refractivity contribution < 1.29 is 9.21 Å². The van der Waals surface area contributed by atoms with Gasteiger partial charge in [0.15, 0.2) is 17.2 Å². The molecule has 3 aromatic rings. The van der Waals surface area contributed by atoms with E-state index in [0.29, 0.717) is 23.3 Å². The minimum atomic E-state index is -0.224. The lowest BCUT2D eigenvalue weighted by molar-refractivity contribution is 0.102. The number of likely N-dealkylation sites (tertiary alicyclic amines) is 1. The van der Waals surface area contributed by atoms with Crippen LogP contribution in [-0.2, 0) is 0 Å².